The predicted molar refractivity (Wildman–Crippen MR) is 82.8 cm³/mol. The molecule has 0 aliphatic carbocycles. The van der Waals surface area contributed by atoms with Crippen LogP contribution in [-0.2, 0) is 10.0 Å². The van der Waals surface area contributed by atoms with Crippen molar-refractivity contribution in [1.82, 2.24) is 4.31 Å². The van der Waals surface area contributed by atoms with Crippen LogP contribution in [0.1, 0.15) is 26.7 Å². The van der Waals surface area contributed by atoms with Gasteiger partial charge >= 0.3 is 0 Å². The molecule has 1 aliphatic heterocycles. The second-order valence-electron chi connectivity index (χ2n) is 6.21. The van der Waals surface area contributed by atoms with Gasteiger partial charge in [-0.15, -0.1) is 0 Å². The Kier molecular flexibility index (Phi) is 4.91. The van der Waals surface area contributed by atoms with Crippen LogP contribution in [0.15, 0.2) is 29.2 Å². The smallest absolute Gasteiger partial charge is 0.243 e. The van der Waals surface area contributed by atoms with Gasteiger partial charge in [0.1, 0.15) is 12.4 Å². The number of hydrogen-bond acceptors (Lipinski definition) is 4. The lowest BCUT2D eigenvalue weighted by Gasteiger charge is -2.37. The summed E-state index contributed by atoms with van der Waals surface area (Å²) in [6.45, 7) is 6.24. The molecule has 1 aromatic carbocycles. The summed E-state index contributed by atoms with van der Waals surface area (Å²) in [6, 6.07) is 6.56. The van der Waals surface area contributed by atoms with E-state index in [2.05, 4.69) is 13.8 Å². The van der Waals surface area contributed by atoms with Gasteiger partial charge in [-0.25, -0.2) is 8.42 Å². The summed E-state index contributed by atoms with van der Waals surface area (Å²) in [6.07, 6.45) is 1.97. The largest absolute Gasteiger partial charge is 0.492 e. The quantitative estimate of drug-likeness (QED) is 0.900. The topological polar surface area (TPSA) is 72.6 Å². The first-order chi connectivity index (χ1) is 9.85. The minimum absolute atomic E-state index is 0.0372. The molecule has 5 nitrogen and oxygen atoms in total. The van der Waals surface area contributed by atoms with Crippen molar-refractivity contribution in [1.29, 1.82) is 0 Å². The SMILES string of the molecule is CC1(C)CCCN(S(=O)(=O)c2ccc(OCCN)cc2)C1. The van der Waals surface area contributed by atoms with Crippen LogP contribution in [0.5, 0.6) is 5.75 Å². The molecule has 1 heterocycles. The standard InChI is InChI=1S/C15H24N2O3S/c1-15(2)8-3-10-17(12-15)21(18,19)14-6-4-13(5-7-14)20-11-9-16/h4-7H,3,8-12,16H2,1-2H3. The number of rotatable bonds is 5. The van der Waals surface area contributed by atoms with Gasteiger partial charge in [-0.3, -0.25) is 0 Å². The van der Waals surface area contributed by atoms with E-state index < -0.39 is 10.0 Å². The van der Waals surface area contributed by atoms with E-state index in [-0.39, 0.29) is 5.41 Å². The maximum Gasteiger partial charge on any atom is 0.243 e. The Morgan fingerprint density at radius 3 is 2.52 bits per heavy atom. The molecule has 118 valence electrons. The van der Waals surface area contributed by atoms with E-state index >= 15 is 0 Å². The van der Waals surface area contributed by atoms with Crippen molar-refractivity contribution in [2.24, 2.45) is 11.1 Å². The summed E-state index contributed by atoms with van der Waals surface area (Å²) in [5.41, 5.74) is 5.41. The second kappa shape index (κ2) is 6.34. The van der Waals surface area contributed by atoms with Crippen LogP contribution in [-0.4, -0.2) is 39.0 Å². The zero-order chi connectivity index (χ0) is 15.5. The Labute approximate surface area is 127 Å². The lowest BCUT2D eigenvalue weighted by molar-refractivity contribution is 0.187. The molecule has 0 saturated carbocycles. The third-order valence-corrected chi connectivity index (χ3v) is 5.57. The van der Waals surface area contributed by atoms with Crippen molar-refractivity contribution in [2.75, 3.05) is 26.2 Å². The molecule has 21 heavy (non-hydrogen) atoms. The minimum Gasteiger partial charge on any atom is -0.492 e. The van der Waals surface area contributed by atoms with Crippen LogP contribution in [0.4, 0.5) is 0 Å². The molecule has 2 rings (SSSR count). The maximum atomic E-state index is 12.7. The Bertz CT molecular complexity index is 567. The highest BCUT2D eigenvalue weighted by Gasteiger charge is 2.33. The van der Waals surface area contributed by atoms with Gasteiger partial charge < -0.3 is 10.5 Å². The highest BCUT2D eigenvalue weighted by atomic mass is 32.2. The molecule has 0 atom stereocenters. The van der Waals surface area contributed by atoms with Crippen LogP contribution in [0.2, 0.25) is 0 Å². The fraction of sp³-hybridized carbons (Fsp3) is 0.600. The monoisotopic (exact) mass is 312 g/mol. The molecule has 0 unspecified atom stereocenters. The average Bonchev–Trinajstić information content (AvgIpc) is 2.44. The third kappa shape index (κ3) is 3.96. The number of sulfonamides is 1. The zero-order valence-electron chi connectivity index (χ0n) is 12.7. The first kappa shape index (κ1) is 16.3. The van der Waals surface area contributed by atoms with Gasteiger partial charge in [0.2, 0.25) is 10.0 Å². The molecular weight excluding hydrogens is 288 g/mol. The van der Waals surface area contributed by atoms with Gasteiger partial charge in [0.15, 0.2) is 0 Å². The molecule has 1 aromatic rings. The van der Waals surface area contributed by atoms with Crippen molar-refractivity contribution < 1.29 is 13.2 Å². The van der Waals surface area contributed by atoms with Gasteiger partial charge in [0, 0.05) is 19.6 Å². The normalized spacial score (nSPS) is 19.4. The fourth-order valence-electron chi connectivity index (χ4n) is 2.61. The summed E-state index contributed by atoms with van der Waals surface area (Å²) >= 11 is 0. The van der Waals surface area contributed by atoms with E-state index in [1.165, 1.54) is 0 Å². The highest BCUT2D eigenvalue weighted by Crippen LogP contribution is 2.32. The molecule has 2 N–H and O–H groups in total. The van der Waals surface area contributed by atoms with Gasteiger partial charge in [0.25, 0.3) is 0 Å². The zero-order valence-corrected chi connectivity index (χ0v) is 13.5. The second-order valence-corrected chi connectivity index (χ2v) is 8.15. The summed E-state index contributed by atoms with van der Waals surface area (Å²) in [5.74, 6) is 0.637. The van der Waals surface area contributed by atoms with Crippen LogP contribution in [0.3, 0.4) is 0 Å². The molecule has 6 heteroatoms. The summed E-state index contributed by atoms with van der Waals surface area (Å²) < 4.78 is 32.3. The molecule has 1 saturated heterocycles. The van der Waals surface area contributed by atoms with Gasteiger partial charge in [-0.2, -0.15) is 4.31 Å². The third-order valence-electron chi connectivity index (χ3n) is 3.71. The number of benzene rings is 1. The van der Waals surface area contributed by atoms with E-state index in [0.29, 0.717) is 36.9 Å². The number of ether oxygens (including phenoxy) is 1. The number of nitrogens with two attached hydrogens (primary N) is 1. The van der Waals surface area contributed by atoms with Crippen molar-refractivity contribution >= 4 is 10.0 Å². The van der Waals surface area contributed by atoms with Crippen LogP contribution >= 0.6 is 0 Å². The molecule has 0 bridgehead atoms. The molecule has 0 amide bonds. The van der Waals surface area contributed by atoms with Crippen molar-refractivity contribution in [3.8, 4) is 5.75 Å². The molecule has 0 aromatic heterocycles. The van der Waals surface area contributed by atoms with E-state index in [1.54, 1.807) is 28.6 Å². The lowest BCUT2D eigenvalue weighted by Crippen LogP contribution is -2.43. The number of hydrogen-bond donors (Lipinski definition) is 1. The van der Waals surface area contributed by atoms with Crippen molar-refractivity contribution in [2.45, 2.75) is 31.6 Å². The molecule has 0 radical (unpaired) electrons. The van der Waals surface area contributed by atoms with E-state index in [4.69, 9.17) is 10.5 Å². The fourth-order valence-corrected chi connectivity index (χ4v) is 4.28. The Hall–Kier alpha value is -1.11. The Morgan fingerprint density at radius 1 is 1.29 bits per heavy atom. The van der Waals surface area contributed by atoms with Crippen LogP contribution < -0.4 is 10.5 Å². The van der Waals surface area contributed by atoms with Crippen molar-refractivity contribution in [3.05, 3.63) is 24.3 Å². The Balaban J connectivity index is 2.15. The van der Waals surface area contributed by atoms with Crippen LogP contribution in [0, 0.1) is 5.41 Å². The van der Waals surface area contributed by atoms with E-state index in [1.807, 2.05) is 0 Å². The molecule has 1 fully saturated rings. The number of piperidine rings is 1. The summed E-state index contributed by atoms with van der Waals surface area (Å²) in [5, 5.41) is 0. The first-order valence-electron chi connectivity index (χ1n) is 7.28. The van der Waals surface area contributed by atoms with Gasteiger partial charge in [-0.1, -0.05) is 13.8 Å². The minimum atomic E-state index is -3.42. The highest BCUT2D eigenvalue weighted by molar-refractivity contribution is 7.89. The summed E-state index contributed by atoms with van der Waals surface area (Å²) in [4.78, 5) is 0.320. The predicted octanol–water partition coefficient (Wildman–Crippen LogP) is 1.83. The van der Waals surface area contributed by atoms with Gasteiger partial charge in [-0.05, 0) is 42.5 Å². The van der Waals surface area contributed by atoms with Crippen LogP contribution in [0.25, 0.3) is 0 Å². The Morgan fingerprint density at radius 2 is 1.95 bits per heavy atom. The lowest BCUT2D eigenvalue weighted by atomic mass is 9.85. The van der Waals surface area contributed by atoms with Crippen molar-refractivity contribution in [3.63, 3.8) is 0 Å². The molecule has 1 aliphatic rings. The maximum absolute atomic E-state index is 12.7. The average molecular weight is 312 g/mol. The van der Waals surface area contributed by atoms with Gasteiger partial charge in [0.05, 0.1) is 4.90 Å². The molecule has 0 spiro atoms. The van der Waals surface area contributed by atoms with E-state index in [0.717, 1.165) is 12.8 Å². The summed E-state index contributed by atoms with van der Waals surface area (Å²) in [7, 11) is -3.42. The number of nitrogens with zero attached hydrogens (tertiary/aromatic N) is 1. The van der Waals surface area contributed by atoms with E-state index in [9.17, 15) is 8.42 Å². The molecular formula is C15H24N2O3S. The first-order valence-corrected chi connectivity index (χ1v) is 8.72.